The van der Waals surface area contributed by atoms with Crippen LogP contribution < -0.4 is 9.47 Å². The minimum Gasteiger partial charge on any atom is -0.464 e. The van der Waals surface area contributed by atoms with Gasteiger partial charge in [0.05, 0.1) is 12.8 Å². The van der Waals surface area contributed by atoms with Crippen molar-refractivity contribution in [3.63, 3.8) is 0 Å². The maximum Gasteiger partial charge on any atom is 0.511 e. The van der Waals surface area contributed by atoms with E-state index in [1.807, 2.05) is 43.3 Å². The number of hydrogen-bond donors (Lipinski definition) is 1. The van der Waals surface area contributed by atoms with Crippen molar-refractivity contribution >= 4 is 17.3 Å². The van der Waals surface area contributed by atoms with Crippen LogP contribution in [0, 0.1) is 0 Å². The number of carbonyl (C=O) groups is 1. The van der Waals surface area contributed by atoms with Crippen LogP contribution in [-0.2, 0) is 13.0 Å². The Bertz CT molecular complexity index is 1250. The maximum absolute atomic E-state index is 11.0. The summed E-state index contributed by atoms with van der Waals surface area (Å²) in [7, 11) is 0. The first kappa shape index (κ1) is 22.3. The normalized spacial score (nSPS) is 11.0. The molecule has 0 fully saturated rings. The summed E-state index contributed by atoms with van der Waals surface area (Å²) in [4.78, 5) is 24.5. The predicted molar refractivity (Wildman–Crippen MR) is 125 cm³/mol. The molecule has 0 aliphatic rings. The molecule has 0 radical (unpaired) electrons. The van der Waals surface area contributed by atoms with Crippen molar-refractivity contribution in [2.45, 2.75) is 39.7 Å². The van der Waals surface area contributed by atoms with Gasteiger partial charge in [0.2, 0.25) is 0 Å². The third kappa shape index (κ3) is 5.11. The van der Waals surface area contributed by atoms with E-state index in [-0.39, 0.29) is 0 Å². The molecular formula is C25H26N4O4. The number of imidazole rings is 1. The molecule has 2 aromatic carbocycles. The number of para-hydroxylation sites is 1. The van der Waals surface area contributed by atoms with E-state index in [9.17, 15) is 4.79 Å². The number of aryl methyl sites for hydroxylation is 1. The lowest BCUT2D eigenvalue weighted by atomic mass is 10.0. The highest BCUT2D eigenvalue weighted by molar-refractivity contribution is 5.74. The second-order valence-corrected chi connectivity index (χ2v) is 7.57. The number of fused-ring (bicyclic) bond motifs is 1. The second kappa shape index (κ2) is 10.1. The Labute approximate surface area is 191 Å². The van der Waals surface area contributed by atoms with Crippen LogP contribution in [0.3, 0.4) is 0 Å². The van der Waals surface area contributed by atoms with E-state index in [0.29, 0.717) is 30.6 Å². The van der Waals surface area contributed by atoms with E-state index in [1.165, 1.54) is 0 Å². The number of ether oxygens (including phenoxy) is 2. The number of nitrogens with zero attached hydrogens (tertiary/aromatic N) is 4. The first-order chi connectivity index (χ1) is 16.1. The molecule has 0 amide bonds. The Morgan fingerprint density at radius 2 is 1.85 bits per heavy atom. The fraction of sp³-hybridized carbons (Fsp3) is 0.280. The Kier molecular flexibility index (Phi) is 6.83. The van der Waals surface area contributed by atoms with Gasteiger partial charge in [0, 0.05) is 18.5 Å². The Hall–Kier alpha value is -3.94. The van der Waals surface area contributed by atoms with Crippen molar-refractivity contribution in [3.05, 3.63) is 66.1 Å². The lowest BCUT2D eigenvalue weighted by Gasteiger charge is -2.11. The van der Waals surface area contributed by atoms with Crippen LogP contribution in [0.2, 0.25) is 0 Å². The summed E-state index contributed by atoms with van der Waals surface area (Å²) in [5.74, 6) is 1.28. The molecule has 0 spiro atoms. The van der Waals surface area contributed by atoms with Crippen molar-refractivity contribution in [2.24, 2.45) is 0 Å². The standard InChI is InChI=1S/C25H26N4O4/c1-3-5-10-22-27-23-20(15-26-24(28-23)32-4-2)29(22)16-17-11-13-18(14-12-17)19-8-6-7-9-21(19)33-25(30)31/h6-9,11-15H,3-5,10,16H2,1-2H3,(H,30,31). The van der Waals surface area contributed by atoms with Crippen LogP contribution in [0.4, 0.5) is 4.79 Å². The van der Waals surface area contributed by atoms with Crippen LogP contribution in [0.5, 0.6) is 11.8 Å². The van der Waals surface area contributed by atoms with E-state index in [2.05, 4.69) is 21.5 Å². The molecule has 8 heteroatoms. The van der Waals surface area contributed by atoms with Crippen molar-refractivity contribution in [1.29, 1.82) is 0 Å². The average molecular weight is 447 g/mol. The second-order valence-electron chi connectivity index (χ2n) is 7.57. The minimum absolute atomic E-state index is 0.308. The van der Waals surface area contributed by atoms with Gasteiger partial charge in [-0.3, -0.25) is 0 Å². The molecule has 0 atom stereocenters. The third-order valence-electron chi connectivity index (χ3n) is 5.28. The van der Waals surface area contributed by atoms with Crippen molar-refractivity contribution in [2.75, 3.05) is 6.61 Å². The largest absolute Gasteiger partial charge is 0.511 e. The van der Waals surface area contributed by atoms with Gasteiger partial charge in [-0.05, 0) is 30.5 Å². The summed E-state index contributed by atoms with van der Waals surface area (Å²) >= 11 is 0. The van der Waals surface area contributed by atoms with Crippen molar-refractivity contribution < 1.29 is 19.4 Å². The summed E-state index contributed by atoms with van der Waals surface area (Å²) in [5.41, 5.74) is 4.19. The molecule has 0 aliphatic carbocycles. The van der Waals surface area contributed by atoms with E-state index in [1.54, 1.807) is 18.3 Å². The number of rotatable bonds is 9. The molecule has 8 nitrogen and oxygen atoms in total. The molecular weight excluding hydrogens is 420 g/mol. The SMILES string of the molecule is CCCCc1nc2nc(OCC)ncc2n1Cc1ccc(-c2ccccc2OC(=O)O)cc1. The van der Waals surface area contributed by atoms with E-state index in [4.69, 9.17) is 19.6 Å². The predicted octanol–water partition coefficient (Wildman–Crippen LogP) is 5.34. The maximum atomic E-state index is 11.0. The Balaban J connectivity index is 1.64. The summed E-state index contributed by atoms with van der Waals surface area (Å²) in [6.45, 7) is 5.18. The van der Waals surface area contributed by atoms with Crippen LogP contribution in [-0.4, -0.2) is 37.4 Å². The highest BCUT2D eigenvalue weighted by Crippen LogP contribution is 2.30. The van der Waals surface area contributed by atoms with E-state index >= 15 is 0 Å². The Morgan fingerprint density at radius 3 is 2.58 bits per heavy atom. The molecule has 0 bridgehead atoms. The molecule has 2 aromatic heterocycles. The fourth-order valence-corrected chi connectivity index (χ4v) is 3.71. The van der Waals surface area contributed by atoms with Gasteiger partial charge in [0.25, 0.3) is 0 Å². The van der Waals surface area contributed by atoms with Crippen LogP contribution in [0.25, 0.3) is 22.3 Å². The van der Waals surface area contributed by atoms with Gasteiger partial charge in [0.1, 0.15) is 17.1 Å². The zero-order chi connectivity index (χ0) is 23.2. The lowest BCUT2D eigenvalue weighted by Crippen LogP contribution is -2.06. The summed E-state index contributed by atoms with van der Waals surface area (Å²) in [6.07, 6.45) is 3.40. The molecule has 170 valence electrons. The number of benzene rings is 2. The molecule has 1 N–H and O–H groups in total. The first-order valence-corrected chi connectivity index (χ1v) is 11.0. The van der Waals surface area contributed by atoms with E-state index < -0.39 is 6.16 Å². The van der Waals surface area contributed by atoms with Gasteiger partial charge in [-0.1, -0.05) is 55.8 Å². The molecule has 4 aromatic rings. The quantitative estimate of drug-likeness (QED) is 0.274. The molecule has 2 heterocycles. The fourth-order valence-electron chi connectivity index (χ4n) is 3.71. The molecule has 33 heavy (non-hydrogen) atoms. The first-order valence-electron chi connectivity index (χ1n) is 11.0. The van der Waals surface area contributed by atoms with Crippen LogP contribution in [0.1, 0.15) is 38.1 Å². The smallest absolute Gasteiger partial charge is 0.464 e. The van der Waals surface area contributed by atoms with Crippen LogP contribution >= 0.6 is 0 Å². The van der Waals surface area contributed by atoms with E-state index in [0.717, 1.165) is 47.3 Å². The number of hydrogen-bond acceptors (Lipinski definition) is 6. The molecule has 0 aliphatic heterocycles. The van der Waals surface area contributed by atoms with Gasteiger partial charge < -0.3 is 19.1 Å². The topological polar surface area (TPSA) is 99.4 Å². The summed E-state index contributed by atoms with van der Waals surface area (Å²) in [6, 6.07) is 15.4. The molecule has 4 rings (SSSR count). The number of aromatic nitrogens is 4. The highest BCUT2D eigenvalue weighted by atomic mass is 16.7. The number of carboxylic acid groups (broad SMARTS) is 1. The van der Waals surface area contributed by atoms with Gasteiger partial charge >= 0.3 is 12.2 Å². The van der Waals surface area contributed by atoms with Crippen LogP contribution in [0.15, 0.2) is 54.7 Å². The van der Waals surface area contributed by atoms with Gasteiger partial charge in [-0.25, -0.2) is 14.8 Å². The molecule has 0 saturated heterocycles. The third-order valence-corrected chi connectivity index (χ3v) is 5.28. The molecule has 0 unspecified atom stereocenters. The van der Waals surface area contributed by atoms with Gasteiger partial charge in [-0.15, -0.1) is 0 Å². The highest BCUT2D eigenvalue weighted by Gasteiger charge is 2.15. The van der Waals surface area contributed by atoms with Gasteiger partial charge in [0.15, 0.2) is 5.65 Å². The van der Waals surface area contributed by atoms with Crippen molar-refractivity contribution in [1.82, 2.24) is 19.5 Å². The summed E-state index contributed by atoms with van der Waals surface area (Å²) < 4.78 is 12.5. The van der Waals surface area contributed by atoms with Gasteiger partial charge in [-0.2, -0.15) is 4.98 Å². The summed E-state index contributed by atoms with van der Waals surface area (Å²) in [5, 5.41) is 9.00. The average Bonchev–Trinajstić information content (AvgIpc) is 3.15. The zero-order valence-electron chi connectivity index (χ0n) is 18.7. The zero-order valence-corrected chi connectivity index (χ0v) is 18.7. The Morgan fingerprint density at radius 1 is 1.06 bits per heavy atom. The molecule has 0 saturated carbocycles. The monoisotopic (exact) mass is 446 g/mol. The minimum atomic E-state index is -1.33. The van der Waals surface area contributed by atoms with Crippen molar-refractivity contribution in [3.8, 4) is 22.9 Å². The number of unbranched alkanes of at least 4 members (excludes halogenated alkanes) is 1. The lowest BCUT2D eigenvalue weighted by molar-refractivity contribution is 0.144.